The van der Waals surface area contributed by atoms with Gasteiger partial charge >= 0.3 is 0 Å². The van der Waals surface area contributed by atoms with Gasteiger partial charge in [-0.25, -0.2) is 9.97 Å². The van der Waals surface area contributed by atoms with Gasteiger partial charge in [-0.1, -0.05) is 36.0 Å². The second-order valence-corrected chi connectivity index (χ2v) is 6.31. The smallest absolute Gasteiger partial charge is 0.275 e. The largest absolute Gasteiger partial charge is 0.366 e. The second-order valence-electron chi connectivity index (χ2n) is 5.50. The first kappa shape index (κ1) is 16.0. The number of nitrogens with one attached hydrogen (secondary N) is 2. The molecule has 0 radical (unpaired) electrons. The van der Waals surface area contributed by atoms with Crippen LogP contribution >= 0.6 is 23.2 Å². The highest BCUT2D eigenvalue weighted by molar-refractivity contribution is 6.42. The molecule has 7 heteroatoms. The van der Waals surface area contributed by atoms with Gasteiger partial charge < -0.3 is 10.6 Å². The quantitative estimate of drug-likeness (QED) is 0.857. The Morgan fingerprint density at radius 3 is 2.52 bits per heavy atom. The lowest BCUT2D eigenvalue weighted by Crippen LogP contribution is -2.17. The first-order chi connectivity index (χ1) is 11.1. The van der Waals surface area contributed by atoms with E-state index in [1.165, 1.54) is 19.0 Å². The van der Waals surface area contributed by atoms with Crippen LogP contribution < -0.4 is 10.6 Å². The van der Waals surface area contributed by atoms with Crippen molar-refractivity contribution in [1.82, 2.24) is 9.97 Å². The Labute approximate surface area is 144 Å². The van der Waals surface area contributed by atoms with Crippen molar-refractivity contribution < 1.29 is 4.79 Å². The number of hydrogen-bond acceptors (Lipinski definition) is 4. The number of carbonyl (C=O) groups excluding carboxylic acids is 1. The van der Waals surface area contributed by atoms with Crippen LogP contribution in [0.4, 0.5) is 11.5 Å². The molecule has 1 saturated carbocycles. The molecule has 1 amide bonds. The Kier molecular flexibility index (Phi) is 4.98. The van der Waals surface area contributed by atoms with Crippen molar-refractivity contribution in [1.29, 1.82) is 0 Å². The molecule has 1 aliphatic carbocycles. The Balaban J connectivity index is 1.63. The van der Waals surface area contributed by atoms with Crippen LogP contribution in [0, 0.1) is 0 Å². The van der Waals surface area contributed by atoms with Gasteiger partial charge in [0.1, 0.15) is 11.5 Å². The van der Waals surface area contributed by atoms with Crippen molar-refractivity contribution in [2.45, 2.75) is 31.7 Å². The van der Waals surface area contributed by atoms with Crippen LogP contribution in [0.25, 0.3) is 0 Å². The zero-order chi connectivity index (χ0) is 16.2. The summed E-state index contributed by atoms with van der Waals surface area (Å²) in [6.45, 7) is 0. The third-order valence-corrected chi connectivity index (χ3v) is 4.51. The molecule has 0 atom stereocenters. The molecule has 23 heavy (non-hydrogen) atoms. The van der Waals surface area contributed by atoms with Crippen LogP contribution in [0.1, 0.15) is 36.2 Å². The average molecular weight is 351 g/mol. The maximum Gasteiger partial charge on any atom is 0.275 e. The second kappa shape index (κ2) is 7.15. The van der Waals surface area contributed by atoms with Crippen molar-refractivity contribution in [2.24, 2.45) is 0 Å². The van der Waals surface area contributed by atoms with Gasteiger partial charge in [-0.3, -0.25) is 4.79 Å². The molecule has 120 valence electrons. The lowest BCUT2D eigenvalue weighted by molar-refractivity contribution is 0.102. The Morgan fingerprint density at radius 1 is 1.09 bits per heavy atom. The van der Waals surface area contributed by atoms with Crippen molar-refractivity contribution in [3.05, 3.63) is 46.3 Å². The number of aromatic nitrogens is 2. The van der Waals surface area contributed by atoms with E-state index >= 15 is 0 Å². The molecule has 0 unspecified atom stereocenters. The monoisotopic (exact) mass is 350 g/mol. The summed E-state index contributed by atoms with van der Waals surface area (Å²) in [5, 5.41) is 6.86. The van der Waals surface area contributed by atoms with E-state index < -0.39 is 0 Å². The topological polar surface area (TPSA) is 66.9 Å². The Morgan fingerprint density at radius 2 is 1.87 bits per heavy atom. The van der Waals surface area contributed by atoms with Crippen LogP contribution in [0.15, 0.2) is 30.6 Å². The van der Waals surface area contributed by atoms with Crippen molar-refractivity contribution >= 4 is 40.6 Å². The van der Waals surface area contributed by atoms with E-state index in [2.05, 4.69) is 20.6 Å². The SMILES string of the molecule is O=C(Nc1ccc(Cl)c(Cl)c1)c1cnc(NC2CCCC2)cn1. The molecule has 1 heterocycles. The standard InChI is InChI=1S/C16H16Cl2N4O/c17-12-6-5-11(7-13(12)18)22-16(23)14-8-20-15(9-19-14)21-10-3-1-2-4-10/h5-10H,1-4H2,(H,20,21)(H,22,23). The predicted molar refractivity (Wildman–Crippen MR) is 92.3 cm³/mol. The number of amides is 1. The van der Waals surface area contributed by atoms with E-state index in [-0.39, 0.29) is 11.6 Å². The van der Waals surface area contributed by atoms with E-state index in [0.717, 1.165) is 12.8 Å². The normalized spacial score (nSPS) is 14.7. The van der Waals surface area contributed by atoms with Gasteiger partial charge in [0.25, 0.3) is 5.91 Å². The summed E-state index contributed by atoms with van der Waals surface area (Å²) in [5.41, 5.74) is 0.799. The summed E-state index contributed by atoms with van der Waals surface area (Å²) in [5.74, 6) is 0.353. The van der Waals surface area contributed by atoms with Crippen LogP contribution in [0.2, 0.25) is 10.0 Å². The minimum Gasteiger partial charge on any atom is -0.366 e. The number of hydrogen-bond donors (Lipinski definition) is 2. The zero-order valence-corrected chi connectivity index (χ0v) is 13.9. The lowest BCUT2D eigenvalue weighted by atomic mass is 10.2. The maximum atomic E-state index is 12.2. The minimum absolute atomic E-state index is 0.244. The molecule has 0 spiro atoms. The van der Waals surface area contributed by atoms with Gasteiger partial charge in [0.15, 0.2) is 0 Å². The van der Waals surface area contributed by atoms with Crippen LogP contribution in [0.3, 0.4) is 0 Å². The van der Waals surface area contributed by atoms with E-state index in [4.69, 9.17) is 23.2 Å². The zero-order valence-electron chi connectivity index (χ0n) is 12.4. The number of carbonyl (C=O) groups is 1. The maximum absolute atomic E-state index is 12.2. The molecule has 0 bridgehead atoms. The van der Waals surface area contributed by atoms with Gasteiger partial charge in [0.2, 0.25) is 0 Å². The number of nitrogens with zero attached hydrogens (tertiary/aromatic N) is 2. The van der Waals surface area contributed by atoms with Gasteiger partial charge in [-0.2, -0.15) is 0 Å². The molecule has 0 saturated heterocycles. The molecular formula is C16H16Cl2N4O. The average Bonchev–Trinajstić information content (AvgIpc) is 3.04. The molecule has 1 aromatic carbocycles. The molecule has 1 aromatic heterocycles. The number of anilines is 2. The Bertz CT molecular complexity index is 700. The third kappa shape index (κ3) is 4.12. The fourth-order valence-electron chi connectivity index (χ4n) is 2.57. The third-order valence-electron chi connectivity index (χ3n) is 3.77. The molecule has 0 aliphatic heterocycles. The first-order valence-electron chi connectivity index (χ1n) is 7.47. The van der Waals surface area contributed by atoms with Gasteiger partial charge in [-0.05, 0) is 31.0 Å². The molecule has 2 N–H and O–H groups in total. The van der Waals surface area contributed by atoms with Crippen molar-refractivity contribution in [3.63, 3.8) is 0 Å². The van der Waals surface area contributed by atoms with E-state index in [1.807, 2.05) is 0 Å². The summed E-state index contributed by atoms with van der Waals surface area (Å²) in [6, 6.07) is 5.35. The lowest BCUT2D eigenvalue weighted by Gasteiger charge is -2.12. The summed E-state index contributed by atoms with van der Waals surface area (Å²) in [7, 11) is 0. The summed E-state index contributed by atoms with van der Waals surface area (Å²) >= 11 is 11.8. The summed E-state index contributed by atoms with van der Waals surface area (Å²) in [6.07, 6.45) is 7.85. The van der Waals surface area contributed by atoms with Crippen LogP contribution in [0.5, 0.6) is 0 Å². The van der Waals surface area contributed by atoms with Crippen molar-refractivity contribution in [2.75, 3.05) is 10.6 Å². The fourth-order valence-corrected chi connectivity index (χ4v) is 2.87. The molecule has 2 aromatic rings. The van der Waals surface area contributed by atoms with Crippen LogP contribution in [-0.2, 0) is 0 Å². The number of rotatable bonds is 4. The molecular weight excluding hydrogens is 335 g/mol. The van der Waals surface area contributed by atoms with E-state index in [0.29, 0.717) is 27.6 Å². The van der Waals surface area contributed by atoms with E-state index in [9.17, 15) is 4.79 Å². The summed E-state index contributed by atoms with van der Waals surface area (Å²) < 4.78 is 0. The highest BCUT2D eigenvalue weighted by Gasteiger charge is 2.15. The molecule has 3 rings (SSSR count). The van der Waals surface area contributed by atoms with Gasteiger partial charge in [-0.15, -0.1) is 0 Å². The molecule has 1 aliphatic rings. The van der Waals surface area contributed by atoms with E-state index in [1.54, 1.807) is 24.4 Å². The molecule has 1 fully saturated rings. The first-order valence-corrected chi connectivity index (χ1v) is 8.22. The highest BCUT2D eigenvalue weighted by atomic mass is 35.5. The highest BCUT2D eigenvalue weighted by Crippen LogP contribution is 2.25. The Hall–Kier alpha value is -1.85. The number of halogens is 2. The molecule has 5 nitrogen and oxygen atoms in total. The van der Waals surface area contributed by atoms with Gasteiger partial charge in [0, 0.05) is 11.7 Å². The predicted octanol–water partition coefficient (Wildman–Crippen LogP) is 4.39. The van der Waals surface area contributed by atoms with Crippen molar-refractivity contribution in [3.8, 4) is 0 Å². The number of benzene rings is 1. The van der Waals surface area contributed by atoms with Gasteiger partial charge in [0.05, 0.1) is 22.4 Å². The fraction of sp³-hybridized carbons (Fsp3) is 0.312. The minimum atomic E-state index is -0.344. The summed E-state index contributed by atoms with van der Waals surface area (Å²) in [4.78, 5) is 20.6. The van der Waals surface area contributed by atoms with Crippen LogP contribution in [-0.4, -0.2) is 21.9 Å².